The van der Waals surface area contributed by atoms with Gasteiger partial charge in [0.05, 0.1) is 18.5 Å². The van der Waals surface area contributed by atoms with Crippen molar-refractivity contribution in [3.63, 3.8) is 0 Å². The van der Waals surface area contributed by atoms with E-state index in [-0.39, 0.29) is 37.8 Å². The minimum Gasteiger partial charge on any atom is -0.466 e. The van der Waals surface area contributed by atoms with Crippen LogP contribution in [0, 0.1) is 12.8 Å². The lowest BCUT2D eigenvalue weighted by molar-refractivity contribution is -0.144. The van der Waals surface area contributed by atoms with Crippen molar-refractivity contribution in [2.75, 3.05) is 84.4 Å². The number of likely N-dealkylation sites (tertiary alicyclic amines) is 2. The van der Waals surface area contributed by atoms with E-state index in [0.29, 0.717) is 69.7 Å². The molecule has 4 aliphatic heterocycles. The van der Waals surface area contributed by atoms with Gasteiger partial charge in [0.2, 0.25) is 0 Å². The summed E-state index contributed by atoms with van der Waals surface area (Å²) in [4.78, 5) is 73.7. The Balaban J connectivity index is 0.000000333. The average Bonchev–Trinajstić information content (AvgIpc) is 3.44. The second kappa shape index (κ2) is 23.7. The Morgan fingerprint density at radius 3 is 2.30 bits per heavy atom. The Kier molecular flexibility index (Phi) is 18.5. The highest BCUT2D eigenvalue weighted by Gasteiger charge is 2.35. The summed E-state index contributed by atoms with van der Waals surface area (Å²) < 4.78 is 18.1. The predicted octanol–water partition coefficient (Wildman–Crippen LogP) is 6.68. The van der Waals surface area contributed by atoms with E-state index >= 15 is 0 Å². The number of amides is 4. The summed E-state index contributed by atoms with van der Waals surface area (Å²) in [5, 5.41) is 3.03. The van der Waals surface area contributed by atoms with Crippen molar-refractivity contribution in [1.29, 1.82) is 0 Å². The monoisotopic (exact) mass is 876 g/mol. The molecule has 4 aliphatic rings. The molecule has 7 rings (SSSR count). The fraction of sp³-hybridized carbons (Fsp3) is 0.646. The molecule has 4 amide bonds. The fourth-order valence-corrected chi connectivity index (χ4v) is 8.94. The van der Waals surface area contributed by atoms with Crippen molar-refractivity contribution < 1.29 is 33.1 Å². The molecule has 5 heterocycles. The molecule has 3 aromatic rings. The minimum atomic E-state index is -1.02. The molecule has 0 unspecified atom stereocenters. The van der Waals surface area contributed by atoms with E-state index in [1.54, 1.807) is 22.9 Å². The zero-order chi connectivity index (χ0) is 44.2. The number of piperidine rings is 2. The molecule has 0 bridgehead atoms. The number of anilines is 1. The highest BCUT2D eigenvalue weighted by atomic mass is 16.6. The largest absolute Gasteiger partial charge is 0.466 e. The maximum Gasteiger partial charge on any atom is 0.419 e. The Bertz CT molecular complexity index is 2030. The number of para-hydroxylation sites is 1. The van der Waals surface area contributed by atoms with E-state index < -0.39 is 18.0 Å². The summed E-state index contributed by atoms with van der Waals surface area (Å²) in [6.07, 6.45) is 8.37. The number of piperazine rings is 1. The lowest BCUT2D eigenvalue weighted by atomic mass is 9.99. The second-order valence-corrected chi connectivity index (χ2v) is 17.7. The number of rotatable bonds is 13. The molecule has 1 atom stereocenters. The van der Waals surface area contributed by atoms with Crippen LogP contribution in [0.15, 0.2) is 45.6 Å². The molecule has 63 heavy (non-hydrogen) atoms. The Labute approximate surface area is 374 Å². The number of aryl methyl sites for hydroxylation is 2. The molecule has 15 heteroatoms. The lowest BCUT2D eigenvalue weighted by Gasteiger charge is -2.38. The number of esters is 1. The van der Waals surface area contributed by atoms with Gasteiger partial charge in [-0.25, -0.2) is 14.4 Å². The number of likely N-dealkylation sites (N-methyl/N-ethyl adjacent to an activating group) is 1. The van der Waals surface area contributed by atoms with Crippen LogP contribution in [0.3, 0.4) is 0 Å². The van der Waals surface area contributed by atoms with Gasteiger partial charge in [0.25, 0.3) is 5.91 Å². The standard InChI is InChI=1S/C32H40N6O6.C15H29NO2.CH4/c1-21-18-22(19-26-28(21)35(3)31(41)43-26)20-27(29(39)36-16-14-34(2)15-17-36)44-32(42)37-11-9-24(10-12-37)38-13-8-23-6-4-5-7-25(23)33-30(38)40;1-3-4-5-6-13-18-15(17)9-12-16-10-7-14(2)8-11-16;/h4-7,18-19,24,27H,8-17,20H2,1-3H3,(H,33,40);14H,3-13H2,1-2H3;1H4/t27-;;/m1../s1. The van der Waals surface area contributed by atoms with Crippen LogP contribution < -0.4 is 11.1 Å². The molecular formula is C48H73N7O8. The first-order valence-electron chi connectivity index (χ1n) is 23.0. The number of aromatic nitrogens is 1. The second-order valence-electron chi connectivity index (χ2n) is 17.7. The van der Waals surface area contributed by atoms with Crippen LogP contribution in [0.5, 0.6) is 0 Å². The van der Waals surface area contributed by atoms with Crippen LogP contribution in [0.25, 0.3) is 11.1 Å². The van der Waals surface area contributed by atoms with Gasteiger partial charge in [0, 0.05) is 77.6 Å². The van der Waals surface area contributed by atoms with E-state index in [4.69, 9.17) is 13.9 Å². The number of unbranched alkanes of at least 4 members (excludes halogenated alkanes) is 3. The molecule has 3 saturated heterocycles. The van der Waals surface area contributed by atoms with Crippen molar-refractivity contribution in [2.24, 2.45) is 13.0 Å². The fourth-order valence-electron chi connectivity index (χ4n) is 8.94. The van der Waals surface area contributed by atoms with Gasteiger partial charge in [-0.05, 0) is 100 Å². The SMILES string of the molecule is C.CCCCCCOC(=O)CCN1CCC(C)CC1.Cc1cc(C[C@@H](OC(=O)N2CCC(N3CCc4ccccc4NC3=O)CC2)C(=O)N2CCN(C)CC2)cc2oc(=O)n(C)c12. The number of fused-ring (bicyclic) bond motifs is 2. The quantitative estimate of drug-likeness (QED) is 0.146. The Morgan fingerprint density at radius 2 is 1.59 bits per heavy atom. The molecule has 0 radical (unpaired) electrons. The smallest absolute Gasteiger partial charge is 0.419 e. The molecule has 15 nitrogen and oxygen atoms in total. The van der Waals surface area contributed by atoms with E-state index in [2.05, 4.69) is 29.0 Å². The number of carbonyl (C=O) groups is 4. The number of nitrogens with one attached hydrogen (secondary N) is 1. The first-order chi connectivity index (χ1) is 29.9. The molecule has 0 aliphatic carbocycles. The van der Waals surface area contributed by atoms with Crippen molar-refractivity contribution in [2.45, 2.75) is 111 Å². The highest BCUT2D eigenvalue weighted by Crippen LogP contribution is 2.26. The van der Waals surface area contributed by atoms with Gasteiger partial charge in [0.15, 0.2) is 11.7 Å². The van der Waals surface area contributed by atoms with Crippen LogP contribution in [0.2, 0.25) is 0 Å². The van der Waals surface area contributed by atoms with Crippen LogP contribution in [-0.4, -0.2) is 144 Å². The van der Waals surface area contributed by atoms with E-state index in [9.17, 15) is 24.0 Å². The predicted molar refractivity (Wildman–Crippen MR) is 246 cm³/mol. The molecule has 0 spiro atoms. The van der Waals surface area contributed by atoms with Crippen molar-refractivity contribution in [3.8, 4) is 0 Å². The van der Waals surface area contributed by atoms with Crippen molar-refractivity contribution in [1.82, 2.24) is 29.1 Å². The van der Waals surface area contributed by atoms with Gasteiger partial charge in [-0.3, -0.25) is 14.2 Å². The number of benzene rings is 2. The molecule has 3 fully saturated rings. The number of hydrogen-bond donors (Lipinski definition) is 1. The highest BCUT2D eigenvalue weighted by molar-refractivity contribution is 5.91. The van der Waals surface area contributed by atoms with Gasteiger partial charge in [0.1, 0.15) is 0 Å². The molecule has 0 saturated carbocycles. The topological polar surface area (TPSA) is 150 Å². The van der Waals surface area contributed by atoms with E-state index in [0.717, 1.165) is 73.9 Å². The first kappa shape index (κ1) is 49.1. The third-order valence-corrected chi connectivity index (χ3v) is 13.0. The average molecular weight is 876 g/mol. The van der Waals surface area contributed by atoms with Gasteiger partial charge in [-0.15, -0.1) is 0 Å². The number of urea groups is 1. The molecule has 1 aromatic heterocycles. The number of ether oxygens (including phenoxy) is 2. The first-order valence-corrected chi connectivity index (χ1v) is 23.0. The summed E-state index contributed by atoms with van der Waals surface area (Å²) in [6.45, 7) is 14.2. The lowest BCUT2D eigenvalue weighted by Crippen LogP contribution is -2.53. The third-order valence-electron chi connectivity index (χ3n) is 13.0. The van der Waals surface area contributed by atoms with Crippen LogP contribution in [0.1, 0.15) is 95.8 Å². The van der Waals surface area contributed by atoms with Gasteiger partial charge >= 0.3 is 23.8 Å². The summed E-state index contributed by atoms with van der Waals surface area (Å²) in [6, 6.07) is 11.4. The van der Waals surface area contributed by atoms with Gasteiger partial charge < -0.3 is 43.7 Å². The summed E-state index contributed by atoms with van der Waals surface area (Å²) >= 11 is 0. The van der Waals surface area contributed by atoms with Crippen LogP contribution >= 0.6 is 0 Å². The zero-order valence-corrected chi connectivity index (χ0v) is 37.7. The van der Waals surface area contributed by atoms with Gasteiger partial charge in [-0.2, -0.15) is 0 Å². The van der Waals surface area contributed by atoms with Crippen LogP contribution in [-0.2, 0) is 39.0 Å². The normalized spacial score (nSPS) is 18.4. The van der Waals surface area contributed by atoms with E-state index in [1.165, 1.54) is 36.7 Å². The molecule has 348 valence electrons. The minimum absolute atomic E-state index is 0. The maximum atomic E-state index is 13.7. The molecular weight excluding hydrogens is 803 g/mol. The number of carbonyl (C=O) groups excluding carboxylic acids is 4. The van der Waals surface area contributed by atoms with E-state index in [1.807, 2.05) is 49.2 Å². The molecule has 2 aromatic carbocycles. The van der Waals surface area contributed by atoms with Gasteiger partial charge in [-0.1, -0.05) is 64.8 Å². The number of nitrogens with zero attached hydrogens (tertiary/aromatic N) is 6. The number of hydrogen-bond acceptors (Lipinski definition) is 10. The third kappa shape index (κ3) is 13.6. The Hall–Kier alpha value is -4.89. The summed E-state index contributed by atoms with van der Waals surface area (Å²) in [7, 11) is 3.67. The Morgan fingerprint density at radius 1 is 0.873 bits per heavy atom. The zero-order valence-electron chi connectivity index (χ0n) is 37.7. The van der Waals surface area contributed by atoms with Crippen molar-refractivity contribution in [3.05, 3.63) is 63.6 Å². The molecule has 1 N–H and O–H groups in total. The van der Waals surface area contributed by atoms with Crippen LogP contribution in [0.4, 0.5) is 15.3 Å². The summed E-state index contributed by atoms with van der Waals surface area (Å²) in [5.41, 5.74) is 4.68. The maximum absolute atomic E-state index is 13.7. The summed E-state index contributed by atoms with van der Waals surface area (Å²) in [5.74, 6) is 0.147. The number of oxazole rings is 1. The van der Waals surface area contributed by atoms with Crippen molar-refractivity contribution >= 4 is 40.8 Å².